The van der Waals surface area contributed by atoms with E-state index in [-0.39, 0.29) is 27.1 Å². The lowest BCUT2D eigenvalue weighted by Crippen LogP contribution is -2.19. The van der Waals surface area contributed by atoms with Crippen molar-refractivity contribution in [1.82, 2.24) is 9.97 Å². The summed E-state index contributed by atoms with van der Waals surface area (Å²) in [6.07, 6.45) is 0. The lowest BCUT2D eigenvalue weighted by Gasteiger charge is -2.13. The molecule has 10 heteroatoms. The highest BCUT2D eigenvalue weighted by atomic mass is 35.5. The zero-order valence-corrected chi connectivity index (χ0v) is 17.5. The van der Waals surface area contributed by atoms with Crippen molar-refractivity contribution in [2.45, 2.75) is 4.90 Å². The Hall–Kier alpha value is -3.07. The van der Waals surface area contributed by atoms with Crippen LogP contribution in [0.5, 0.6) is 0 Å². The fraction of sp³-hybridized carbons (Fsp3) is 0. The van der Waals surface area contributed by atoms with E-state index >= 15 is 0 Å². The topological polar surface area (TPSA) is 104 Å². The van der Waals surface area contributed by atoms with Gasteiger partial charge in [-0.25, -0.2) is 13.4 Å². The van der Waals surface area contributed by atoms with Crippen molar-refractivity contribution in [2.24, 2.45) is 0 Å². The minimum Gasteiger partial charge on any atom is -0.324 e. The maximum absolute atomic E-state index is 12.8. The Kier molecular flexibility index (Phi) is 5.38. The number of rotatable bonds is 5. The number of fused-ring (bicyclic) bond motifs is 1. The first-order chi connectivity index (χ1) is 14.3. The fourth-order valence-corrected chi connectivity index (χ4v) is 4.17. The molecule has 0 bridgehead atoms. The van der Waals surface area contributed by atoms with Crippen LogP contribution in [-0.2, 0) is 10.0 Å². The van der Waals surface area contributed by atoms with Gasteiger partial charge in [0.05, 0.1) is 27.2 Å². The van der Waals surface area contributed by atoms with Crippen LogP contribution >= 0.6 is 23.2 Å². The SMILES string of the molecule is O=C(Nc1nc2ccccc2[nH]1)c1ccc(Cl)cc1NS(=O)(=O)c1ccc(Cl)cc1. The summed E-state index contributed by atoms with van der Waals surface area (Å²) in [5, 5.41) is 3.31. The number of aromatic nitrogens is 2. The summed E-state index contributed by atoms with van der Waals surface area (Å²) < 4.78 is 27.9. The van der Waals surface area contributed by atoms with Gasteiger partial charge in [-0.3, -0.25) is 14.8 Å². The molecule has 3 aromatic carbocycles. The van der Waals surface area contributed by atoms with E-state index in [4.69, 9.17) is 23.2 Å². The van der Waals surface area contributed by atoms with Crippen LogP contribution in [0.25, 0.3) is 11.0 Å². The van der Waals surface area contributed by atoms with Crippen LogP contribution in [0, 0.1) is 0 Å². The number of hydrogen-bond donors (Lipinski definition) is 3. The van der Waals surface area contributed by atoms with E-state index in [2.05, 4.69) is 20.0 Å². The molecule has 4 aromatic rings. The molecule has 0 radical (unpaired) electrons. The van der Waals surface area contributed by atoms with Crippen molar-refractivity contribution >= 4 is 61.8 Å². The first-order valence-electron chi connectivity index (χ1n) is 8.66. The lowest BCUT2D eigenvalue weighted by molar-refractivity contribution is 0.102. The van der Waals surface area contributed by atoms with Gasteiger partial charge >= 0.3 is 0 Å². The lowest BCUT2D eigenvalue weighted by atomic mass is 10.1. The van der Waals surface area contributed by atoms with Crippen molar-refractivity contribution in [3.8, 4) is 0 Å². The van der Waals surface area contributed by atoms with Crippen molar-refractivity contribution in [3.63, 3.8) is 0 Å². The van der Waals surface area contributed by atoms with Gasteiger partial charge in [0.25, 0.3) is 15.9 Å². The number of para-hydroxylation sites is 2. The van der Waals surface area contributed by atoms with Crippen LogP contribution in [0.1, 0.15) is 10.4 Å². The number of carbonyl (C=O) groups excluding carboxylic acids is 1. The van der Waals surface area contributed by atoms with E-state index in [9.17, 15) is 13.2 Å². The molecule has 0 aliphatic heterocycles. The first-order valence-corrected chi connectivity index (χ1v) is 10.9. The molecule has 0 atom stereocenters. The maximum atomic E-state index is 12.8. The number of amides is 1. The molecule has 1 heterocycles. The van der Waals surface area contributed by atoms with E-state index in [1.165, 1.54) is 42.5 Å². The van der Waals surface area contributed by atoms with Gasteiger partial charge in [-0.05, 0) is 54.6 Å². The maximum Gasteiger partial charge on any atom is 0.261 e. The van der Waals surface area contributed by atoms with Crippen LogP contribution in [0.15, 0.2) is 71.6 Å². The number of imidazole rings is 1. The largest absolute Gasteiger partial charge is 0.324 e. The first kappa shape index (κ1) is 20.2. The van der Waals surface area contributed by atoms with Crippen molar-refractivity contribution in [1.29, 1.82) is 0 Å². The molecule has 30 heavy (non-hydrogen) atoms. The highest BCUT2D eigenvalue weighted by molar-refractivity contribution is 7.92. The van der Waals surface area contributed by atoms with Crippen LogP contribution in [0.3, 0.4) is 0 Å². The molecular weight excluding hydrogens is 447 g/mol. The molecule has 152 valence electrons. The Morgan fingerprint density at radius 1 is 0.933 bits per heavy atom. The number of H-pyrrole nitrogens is 1. The smallest absolute Gasteiger partial charge is 0.261 e. The van der Waals surface area contributed by atoms with Crippen LogP contribution < -0.4 is 10.0 Å². The van der Waals surface area contributed by atoms with Gasteiger partial charge in [-0.2, -0.15) is 0 Å². The number of hydrogen-bond acceptors (Lipinski definition) is 4. The highest BCUT2D eigenvalue weighted by Gasteiger charge is 2.20. The van der Waals surface area contributed by atoms with E-state index in [1.807, 2.05) is 18.2 Å². The number of nitrogens with one attached hydrogen (secondary N) is 3. The van der Waals surface area contributed by atoms with E-state index in [0.29, 0.717) is 10.5 Å². The minimum absolute atomic E-state index is 0.00415. The minimum atomic E-state index is -3.97. The quantitative estimate of drug-likeness (QED) is 0.392. The molecule has 0 saturated heterocycles. The van der Waals surface area contributed by atoms with Gasteiger partial charge in [0.15, 0.2) is 0 Å². The molecular formula is C20H14Cl2N4O3S. The third-order valence-corrected chi connectivity index (χ3v) is 6.08. The van der Waals surface area contributed by atoms with Crippen molar-refractivity contribution < 1.29 is 13.2 Å². The van der Waals surface area contributed by atoms with Crippen LogP contribution in [0.4, 0.5) is 11.6 Å². The molecule has 3 N–H and O–H groups in total. The number of halogens is 2. The van der Waals surface area contributed by atoms with Crippen molar-refractivity contribution in [2.75, 3.05) is 10.0 Å². The second kappa shape index (κ2) is 7.98. The molecule has 0 fully saturated rings. The Labute approximate surface area is 182 Å². The van der Waals surface area contributed by atoms with E-state index in [1.54, 1.807) is 6.07 Å². The van der Waals surface area contributed by atoms with Gasteiger partial charge in [0.2, 0.25) is 5.95 Å². The predicted molar refractivity (Wildman–Crippen MR) is 118 cm³/mol. The van der Waals surface area contributed by atoms with Crippen LogP contribution in [-0.4, -0.2) is 24.3 Å². The summed E-state index contributed by atoms with van der Waals surface area (Å²) in [6.45, 7) is 0. The second-order valence-electron chi connectivity index (χ2n) is 6.31. The Morgan fingerprint density at radius 2 is 1.63 bits per heavy atom. The second-order valence-corrected chi connectivity index (χ2v) is 8.86. The average Bonchev–Trinajstić information content (AvgIpc) is 3.10. The third-order valence-electron chi connectivity index (χ3n) is 4.22. The van der Waals surface area contributed by atoms with E-state index in [0.717, 1.165) is 5.52 Å². The summed E-state index contributed by atoms with van der Waals surface area (Å²) in [5.74, 6) is -0.317. The number of sulfonamides is 1. The number of aromatic amines is 1. The van der Waals surface area contributed by atoms with E-state index < -0.39 is 15.9 Å². The molecule has 0 saturated carbocycles. The zero-order valence-electron chi connectivity index (χ0n) is 15.2. The van der Waals surface area contributed by atoms with Gasteiger partial charge in [0, 0.05) is 10.0 Å². The normalized spacial score (nSPS) is 11.4. The number of anilines is 2. The van der Waals surface area contributed by atoms with Gasteiger partial charge in [-0.1, -0.05) is 35.3 Å². The molecule has 0 unspecified atom stereocenters. The third kappa shape index (κ3) is 4.25. The zero-order chi connectivity index (χ0) is 21.3. The van der Waals surface area contributed by atoms with Gasteiger partial charge < -0.3 is 4.98 Å². The summed E-state index contributed by atoms with van der Waals surface area (Å²) in [5.41, 5.74) is 1.56. The molecule has 7 nitrogen and oxygen atoms in total. The summed E-state index contributed by atoms with van der Waals surface area (Å²) in [6, 6.07) is 17.2. The van der Waals surface area contributed by atoms with Crippen molar-refractivity contribution in [3.05, 3.63) is 82.3 Å². The Bertz CT molecular complexity index is 1320. The average molecular weight is 461 g/mol. The van der Waals surface area contributed by atoms with Crippen LogP contribution in [0.2, 0.25) is 10.0 Å². The number of nitrogens with zero attached hydrogens (tertiary/aromatic N) is 1. The number of benzene rings is 3. The van der Waals surface area contributed by atoms with Gasteiger partial charge in [-0.15, -0.1) is 0 Å². The van der Waals surface area contributed by atoms with Gasteiger partial charge in [0.1, 0.15) is 0 Å². The standard InChI is InChI=1S/C20H14Cl2N4O3S/c21-12-5-8-14(9-6-12)30(28,29)26-18-11-13(22)7-10-15(18)19(27)25-20-23-16-3-1-2-4-17(16)24-20/h1-11,26H,(H2,23,24,25,27). The molecule has 0 aliphatic rings. The highest BCUT2D eigenvalue weighted by Crippen LogP contribution is 2.26. The summed E-state index contributed by atoms with van der Waals surface area (Å²) in [7, 11) is -3.97. The fourth-order valence-electron chi connectivity index (χ4n) is 2.80. The summed E-state index contributed by atoms with van der Waals surface area (Å²) >= 11 is 11.8. The monoisotopic (exact) mass is 460 g/mol. The molecule has 0 spiro atoms. The summed E-state index contributed by atoms with van der Waals surface area (Å²) in [4.78, 5) is 20.1. The molecule has 4 rings (SSSR count). The number of carbonyl (C=O) groups is 1. The Morgan fingerprint density at radius 3 is 2.37 bits per heavy atom. The molecule has 1 amide bonds. The Balaban J connectivity index is 1.64. The molecule has 0 aliphatic carbocycles. The molecule has 1 aromatic heterocycles. The predicted octanol–water partition coefficient (Wildman–Crippen LogP) is 4.92.